The van der Waals surface area contributed by atoms with E-state index in [4.69, 9.17) is 0 Å². The Morgan fingerprint density at radius 3 is 2.63 bits per heavy atom. The monoisotopic (exact) mass is 252 g/mol. The minimum Gasteiger partial charge on any atom is -0.508 e. The van der Waals surface area contributed by atoms with Crippen molar-refractivity contribution in [3.05, 3.63) is 54.2 Å². The minimum atomic E-state index is -0.0797. The van der Waals surface area contributed by atoms with Crippen LogP contribution in [0.15, 0.2) is 48.7 Å². The van der Waals surface area contributed by atoms with Crippen LogP contribution in [0.3, 0.4) is 0 Å². The topological polar surface area (TPSA) is 66.2 Å². The van der Waals surface area contributed by atoms with Gasteiger partial charge in [-0.05, 0) is 35.9 Å². The van der Waals surface area contributed by atoms with Crippen molar-refractivity contribution in [2.75, 3.05) is 0 Å². The number of benzene rings is 1. The highest BCUT2D eigenvalue weighted by Gasteiger charge is 2.08. The molecule has 0 aliphatic carbocycles. The Hall–Kier alpha value is -2.46. The van der Waals surface area contributed by atoms with Crippen LogP contribution >= 0.6 is 0 Å². The molecule has 0 amide bonds. The normalized spacial score (nSPS) is 10.8. The molecule has 0 saturated heterocycles. The van der Waals surface area contributed by atoms with Crippen LogP contribution in [0, 0.1) is 0 Å². The van der Waals surface area contributed by atoms with Crippen molar-refractivity contribution < 1.29 is 10.2 Å². The maximum atomic E-state index is 9.54. The molecule has 0 radical (unpaired) electrons. The quantitative estimate of drug-likeness (QED) is 0.735. The lowest BCUT2D eigenvalue weighted by Gasteiger charge is -2.07. The molecule has 3 rings (SSSR count). The maximum Gasteiger partial charge on any atom is 0.117 e. The number of phenols is 1. The molecular weight excluding hydrogens is 240 g/mol. The third kappa shape index (κ3) is 2.13. The minimum absolute atomic E-state index is 0.0797. The fourth-order valence-corrected chi connectivity index (χ4v) is 2.07. The van der Waals surface area contributed by atoms with E-state index in [9.17, 15) is 10.2 Å². The molecule has 4 heteroatoms. The molecule has 0 bridgehead atoms. The van der Waals surface area contributed by atoms with E-state index in [-0.39, 0.29) is 12.4 Å². The van der Waals surface area contributed by atoms with Crippen molar-refractivity contribution >= 4 is 10.9 Å². The highest BCUT2D eigenvalue weighted by atomic mass is 16.3. The number of phenolic OH excluding ortho intramolecular Hbond substituents is 1. The van der Waals surface area contributed by atoms with E-state index >= 15 is 0 Å². The van der Waals surface area contributed by atoms with Gasteiger partial charge in [0, 0.05) is 17.6 Å². The summed E-state index contributed by atoms with van der Waals surface area (Å²) >= 11 is 0. The number of fused-ring (bicyclic) bond motifs is 1. The third-order valence-electron chi connectivity index (χ3n) is 2.98. The lowest BCUT2D eigenvalue weighted by atomic mass is 10.1. The Bertz CT molecular complexity index is 727. The molecule has 1 aromatic carbocycles. The van der Waals surface area contributed by atoms with Crippen molar-refractivity contribution in [1.29, 1.82) is 0 Å². The smallest absolute Gasteiger partial charge is 0.117 e. The molecule has 19 heavy (non-hydrogen) atoms. The summed E-state index contributed by atoms with van der Waals surface area (Å²) in [5.74, 6) is 0.155. The van der Waals surface area contributed by atoms with Gasteiger partial charge in [0.05, 0.1) is 23.5 Å². The molecule has 0 unspecified atom stereocenters. The summed E-state index contributed by atoms with van der Waals surface area (Å²) in [6.07, 6.45) is 1.70. The second kappa shape index (κ2) is 4.66. The van der Waals surface area contributed by atoms with Gasteiger partial charge in [-0.1, -0.05) is 6.07 Å². The van der Waals surface area contributed by atoms with Gasteiger partial charge < -0.3 is 10.2 Å². The van der Waals surface area contributed by atoms with Crippen LogP contribution in [0.25, 0.3) is 22.3 Å². The van der Waals surface area contributed by atoms with Gasteiger partial charge in [0.2, 0.25) is 0 Å². The molecule has 4 nitrogen and oxygen atoms in total. The van der Waals surface area contributed by atoms with E-state index in [1.165, 1.54) is 0 Å². The Balaban J connectivity index is 2.27. The first-order valence-electron chi connectivity index (χ1n) is 5.93. The number of hydrogen-bond donors (Lipinski definition) is 2. The van der Waals surface area contributed by atoms with Crippen molar-refractivity contribution in [2.45, 2.75) is 6.61 Å². The van der Waals surface area contributed by atoms with E-state index in [0.717, 1.165) is 16.6 Å². The van der Waals surface area contributed by atoms with Crippen LogP contribution in [0.1, 0.15) is 5.56 Å². The van der Waals surface area contributed by atoms with E-state index in [1.54, 1.807) is 24.4 Å². The van der Waals surface area contributed by atoms with Crippen molar-refractivity contribution in [3.63, 3.8) is 0 Å². The summed E-state index contributed by atoms with van der Waals surface area (Å²) in [7, 11) is 0. The molecule has 2 N–H and O–H groups in total. The SMILES string of the molecule is OCc1cc(-c2ccccn2)nc2cc(O)ccc12. The molecule has 0 aliphatic heterocycles. The van der Waals surface area contributed by atoms with Crippen molar-refractivity contribution in [1.82, 2.24) is 9.97 Å². The van der Waals surface area contributed by atoms with Gasteiger partial charge in [-0.15, -0.1) is 0 Å². The molecule has 2 heterocycles. The number of aromatic hydroxyl groups is 1. The Labute approximate surface area is 110 Å². The number of hydrogen-bond acceptors (Lipinski definition) is 4. The molecule has 0 atom stereocenters. The predicted molar refractivity (Wildman–Crippen MR) is 72.6 cm³/mol. The standard InChI is InChI=1S/C15H12N2O2/c18-9-10-7-15(13-3-1-2-6-16-13)17-14-8-11(19)4-5-12(10)14/h1-8,18-19H,9H2. The first-order valence-corrected chi connectivity index (χ1v) is 5.93. The second-order valence-electron chi connectivity index (χ2n) is 4.24. The Morgan fingerprint density at radius 1 is 1.00 bits per heavy atom. The van der Waals surface area contributed by atoms with Crippen LogP contribution in [0.5, 0.6) is 5.75 Å². The number of aromatic nitrogens is 2. The van der Waals surface area contributed by atoms with E-state index in [0.29, 0.717) is 11.2 Å². The van der Waals surface area contributed by atoms with Crippen LogP contribution in [-0.4, -0.2) is 20.2 Å². The first kappa shape index (κ1) is 11.6. The highest BCUT2D eigenvalue weighted by molar-refractivity contribution is 5.85. The summed E-state index contributed by atoms with van der Waals surface area (Å²) in [6, 6.07) is 12.3. The predicted octanol–water partition coefficient (Wildman–Crippen LogP) is 2.49. The van der Waals surface area contributed by atoms with Crippen LogP contribution in [0.2, 0.25) is 0 Å². The van der Waals surface area contributed by atoms with Crippen molar-refractivity contribution in [3.8, 4) is 17.1 Å². The van der Waals surface area contributed by atoms with Gasteiger partial charge in [-0.3, -0.25) is 4.98 Å². The van der Waals surface area contributed by atoms with Crippen LogP contribution in [0.4, 0.5) is 0 Å². The van der Waals surface area contributed by atoms with E-state index in [2.05, 4.69) is 9.97 Å². The molecular formula is C15H12N2O2. The summed E-state index contributed by atoms with van der Waals surface area (Å²) in [6.45, 7) is -0.0797. The number of pyridine rings is 2. The van der Waals surface area contributed by atoms with Gasteiger partial charge in [0.1, 0.15) is 5.75 Å². The lowest BCUT2D eigenvalue weighted by molar-refractivity contribution is 0.283. The number of nitrogens with zero attached hydrogens (tertiary/aromatic N) is 2. The van der Waals surface area contributed by atoms with Crippen LogP contribution in [-0.2, 0) is 6.61 Å². The summed E-state index contributed by atoms with van der Waals surface area (Å²) < 4.78 is 0. The third-order valence-corrected chi connectivity index (χ3v) is 2.98. The van der Waals surface area contributed by atoms with Gasteiger partial charge in [-0.2, -0.15) is 0 Å². The van der Waals surface area contributed by atoms with Gasteiger partial charge >= 0.3 is 0 Å². The highest BCUT2D eigenvalue weighted by Crippen LogP contribution is 2.26. The summed E-state index contributed by atoms with van der Waals surface area (Å²) in [5, 5.41) is 19.8. The fourth-order valence-electron chi connectivity index (χ4n) is 2.07. The molecule has 0 saturated carbocycles. The number of rotatable bonds is 2. The van der Waals surface area contributed by atoms with Crippen molar-refractivity contribution in [2.24, 2.45) is 0 Å². The largest absolute Gasteiger partial charge is 0.508 e. The van der Waals surface area contributed by atoms with E-state index in [1.807, 2.05) is 24.3 Å². The number of aliphatic hydroxyl groups excluding tert-OH is 1. The molecule has 3 aromatic rings. The second-order valence-corrected chi connectivity index (χ2v) is 4.24. The number of aliphatic hydroxyl groups is 1. The van der Waals surface area contributed by atoms with Gasteiger partial charge in [-0.25, -0.2) is 4.98 Å². The zero-order valence-corrected chi connectivity index (χ0v) is 10.1. The zero-order valence-electron chi connectivity index (χ0n) is 10.1. The van der Waals surface area contributed by atoms with Gasteiger partial charge in [0.15, 0.2) is 0 Å². The summed E-state index contributed by atoms with van der Waals surface area (Å²) in [5.41, 5.74) is 2.84. The average Bonchev–Trinajstić information content (AvgIpc) is 2.46. The Morgan fingerprint density at radius 2 is 1.89 bits per heavy atom. The summed E-state index contributed by atoms with van der Waals surface area (Å²) in [4.78, 5) is 8.73. The Kier molecular flexibility index (Phi) is 2.85. The average molecular weight is 252 g/mol. The van der Waals surface area contributed by atoms with Crippen LogP contribution < -0.4 is 0 Å². The zero-order chi connectivity index (χ0) is 13.2. The molecule has 94 valence electrons. The first-order chi connectivity index (χ1) is 9.28. The molecule has 2 aromatic heterocycles. The van der Waals surface area contributed by atoms with Gasteiger partial charge in [0.25, 0.3) is 0 Å². The fraction of sp³-hybridized carbons (Fsp3) is 0.0667. The maximum absolute atomic E-state index is 9.54. The molecule has 0 aliphatic rings. The lowest BCUT2D eigenvalue weighted by Crippen LogP contribution is -1.93. The van der Waals surface area contributed by atoms with E-state index < -0.39 is 0 Å². The molecule has 0 fully saturated rings. The molecule has 0 spiro atoms.